The first-order chi connectivity index (χ1) is 9.60. The third-order valence-corrected chi connectivity index (χ3v) is 3.25. The number of nitrogens with one attached hydrogen (secondary N) is 1. The summed E-state index contributed by atoms with van der Waals surface area (Å²) in [5, 5.41) is 14.3. The van der Waals surface area contributed by atoms with Crippen LogP contribution in [-0.2, 0) is 0 Å². The molecule has 0 aliphatic heterocycles. The van der Waals surface area contributed by atoms with E-state index in [-0.39, 0.29) is 16.7 Å². The van der Waals surface area contributed by atoms with Crippen LogP contribution in [0.2, 0.25) is 0 Å². The third-order valence-electron chi connectivity index (χ3n) is 3.25. The average Bonchev–Trinajstić information content (AvgIpc) is 2.45. The van der Waals surface area contributed by atoms with Gasteiger partial charge < -0.3 is 5.32 Å². The fourth-order valence-electron chi connectivity index (χ4n) is 2.21. The minimum absolute atomic E-state index is 0.0664. The van der Waals surface area contributed by atoms with Gasteiger partial charge >= 0.3 is 0 Å². The van der Waals surface area contributed by atoms with Crippen molar-refractivity contribution < 1.29 is 4.92 Å². The first-order valence-corrected chi connectivity index (χ1v) is 6.67. The van der Waals surface area contributed by atoms with E-state index < -0.39 is 0 Å². The fourth-order valence-corrected chi connectivity index (χ4v) is 2.21. The molecule has 4 heteroatoms. The summed E-state index contributed by atoms with van der Waals surface area (Å²) in [5.41, 5.74) is 3.28. The molecule has 0 saturated heterocycles. The van der Waals surface area contributed by atoms with Crippen LogP contribution in [0.3, 0.4) is 0 Å². The minimum Gasteiger partial charge on any atom is -0.378 e. The number of nitrogens with zero attached hydrogens (tertiary/aromatic N) is 1. The van der Waals surface area contributed by atoms with Crippen LogP contribution in [0, 0.1) is 17.0 Å². The lowest BCUT2D eigenvalue weighted by atomic mass is 10.0. The summed E-state index contributed by atoms with van der Waals surface area (Å²) in [5.74, 6) is 0. The van der Waals surface area contributed by atoms with Gasteiger partial charge in [0.1, 0.15) is 0 Å². The van der Waals surface area contributed by atoms with Crippen molar-refractivity contribution in [2.75, 3.05) is 5.32 Å². The number of aryl methyl sites for hydroxylation is 1. The van der Waals surface area contributed by atoms with Crippen molar-refractivity contribution in [3.8, 4) is 0 Å². The number of nitro groups is 1. The zero-order chi connectivity index (χ0) is 14.5. The zero-order valence-corrected chi connectivity index (χ0v) is 11.7. The standard InChI is InChI=1S/C16H18N2O2/c1-3-16(17-14-8-4-6-12(2)10-14)13-7-5-9-15(11-13)18(19)20/h4-11,16-17H,3H2,1-2H3. The summed E-state index contributed by atoms with van der Waals surface area (Å²) in [6.45, 7) is 4.10. The molecule has 0 bridgehead atoms. The molecule has 0 aliphatic carbocycles. The Kier molecular flexibility index (Phi) is 4.35. The Hall–Kier alpha value is -2.36. The summed E-state index contributed by atoms with van der Waals surface area (Å²) in [6.07, 6.45) is 0.856. The first kappa shape index (κ1) is 14.1. The molecule has 1 atom stereocenters. The van der Waals surface area contributed by atoms with Gasteiger partial charge in [-0.3, -0.25) is 10.1 Å². The molecule has 0 amide bonds. The second kappa shape index (κ2) is 6.19. The van der Waals surface area contributed by atoms with Gasteiger partial charge in [-0.2, -0.15) is 0 Å². The van der Waals surface area contributed by atoms with E-state index in [0.717, 1.165) is 17.7 Å². The largest absolute Gasteiger partial charge is 0.378 e. The minimum atomic E-state index is -0.358. The van der Waals surface area contributed by atoms with Gasteiger partial charge in [0.2, 0.25) is 0 Å². The maximum Gasteiger partial charge on any atom is 0.269 e. The highest BCUT2D eigenvalue weighted by Crippen LogP contribution is 2.25. The number of rotatable bonds is 5. The smallest absolute Gasteiger partial charge is 0.269 e. The molecule has 2 rings (SSSR count). The van der Waals surface area contributed by atoms with Gasteiger partial charge in [0.15, 0.2) is 0 Å². The van der Waals surface area contributed by atoms with Crippen molar-refractivity contribution in [2.24, 2.45) is 0 Å². The van der Waals surface area contributed by atoms with E-state index in [1.807, 2.05) is 31.2 Å². The highest BCUT2D eigenvalue weighted by atomic mass is 16.6. The molecule has 0 saturated carbocycles. The molecular weight excluding hydrogens is 252 g/mol. The lowest BCUT2D eigenvalue weighted by Crippen LogP contribution is -2.10. The molecule has 20 heavy (non-hydrogen) atoms. The van der Waals surface area contributed by atoms with Crippen LogP contribution in [0.4, 0.5) is 11.4 Å². The Labute approximate surface area is 118 Å². The van der Waals surface area contributed by atoms with Crippen molar-refractivity contribution in [3.63, 3.8) is 0 Å². The summed E-state index contributed by atoms with van der Waals surface area (Å²) in [6, 6.07) is 15.0. The molecule has 0 spiro atoms. The van der Waals surface area contributed by atoms with Gasteiger partial charge in [0, 0.05) is 17.8 Å². The molecule has 0 heterocycles. The van der Waals surface area contributed by atoms with Crippen molar-refractivity contribution in [2.45, 2.75) is 26.3 Å². The van der Waals surface area contributed by atoms with E-state index in [9.17, 15) is 10.1 Å². The van der Waals surface area contributed by atoms with Gasteiger partial charge in [-0.1, -0.05) is 31.2 Å². The maximum absolute atomic E-state index is 10.9. The average molecular weight is 270 g/mol. The number of anilines is 1. The van der Waals surface area contributed by atoms with E-state index in [1.165, 1.54) is 11.6 Å². The Morgan fingerprint density at radius 1 is 1.20 bits per heavy atom. The van der Waals surface area contributed by atoms with E-state index >= 15 is 0 Å². The highest BCUT2D eigenvalue weighted by Gasteiger charge is 2.13. The number of nitro benzene ring substituents is 1. The van der Waals surface area contributed by atoms with Gasteiger partial charge in [0.25, 0.3) is 5.69 Å². The summed E-state index contributed by atoms with van der Waals surface area (Å²) >= 11 is 0. The summed E-state index contributed by atoms with van der Waals surface area (Å²) in [4.78, 5) is 10.5. The zero-order valence-electron chi connectivity index (χ0n) is 11.7. The van der Waals surface area contributed by atoms with Crippen molar-refractivity contribution in [3.05, 3.63) is 69.8 Å². The monoisotopic (exact) mass is 270 g/mol. The molecule has 104 valence electrons. The second-order valence-corrected chi connectivity index (χ2v) is 4.83. The first-order valence-electron chi connectivity index (χ1n) is 6.67. The molecule has 1 N–H and O–H groups in total. The Balaban J connectivity index is 2.24. The van der Waals surface area contributed by atoms with Gasteiger partial charge in [-0.15, -0.1) is 0 Å². The molecule has 0 fully saturated rings. The van der Waals surface area contributed by atoms with E-state index in [4.69, 9.17) is 0 Å². The van der Waals surface area contributed by atoms with Gasteiger partial charge in [-0.25, -0.2) is 0 Å². The molecule has 2 aromatic carbocycles. The second-order valence-electron chi connectivity index (χ2n) is 4.83. The molecule has 2 aromatic rings. The molecule has 0 radical (unpaired) electrons. The van der Waals surface area contributed by atoms with E-state index in [1.54, 1.807) is 12.1 Å². The predicted molar refractivity (Wildman–Crippen MR) is 80.9 cm³/mol. The molecular formula is C16H18N2O2. The Morgan fingerprint density at radius 2 is 1.95 bits per heavy atom. The highest BCUT2D eigenvalue weighted by molar-refractivity contribution is 5.48. The predicted octanol–water partition coefficient (Wildman–Crippen LogP) is 4.47. The third kappa shape index (κ3) is 3.35. The fraction of sp³-hybridized carbons (Fsp3) is 0.250. The molecule has 1 unspecified atom stereocenters. The maximum atomic E-state index is 10.9. The van der Waals surface area contributed by atoms with Crippen LogP contribution in [0.1, 0.15) is 30.5 Å². The Bertz CT molecular complexity index is 611. The quantitative estimate of drug-likeness (QED) is 0.644. The number of hydrogen-bond donors (Lipinski definition) is 1. The number of hydrogen-bond acceptors (Lipinski definition) is 3. The van der Waals surface area contributed by atoms with Crippen molar-refractivity contribution in [1.29, 1.82) is 0 Å². The van der Waals surface area contributed by atoms with Crippen molar-refractivity contribution >= 4 is 11.4 Å². The van der Waals surface area contributed by atoms with Crippen LogP contribution >= 0.6 is 0 Å². The SMILES string of the molecule is CCC(Nc1cccc(C)c1)c1cccc([N+](=O)[O-])c1. The van der Waals surface area contributed by atoms with Crippen LogP contribution in [0.25, 0.3) is 0 Å². The Morgan fingerprint density at radius 3 is 2.60 bits per heavy atom. The van der Waals surface area contributed by atoms with Gasteiger partial charge in [-0.05, 0) is 36.6 Å². The van der Waals surface area contributed by atoms with Crippen LogP contribution in [0.5, 0.6) is 0 Å². The topological polar surface area (TPSA) is 55.2 Å². The van der Waals surface area contributed by atoms with Crippen molar-refractivity contribution in [1.82, 2.24) is 0 Å². The van der Waals surface area contributed by atoms with Gasteiger partial charge in [0.05, 0.1) is 11.0 Å². The number of benzene rings is 2. The molecule has 0 aromatic heterocycles. The van der Waals surface area contributed by atoms with E-state index in [2.05, 4.69) is 18.3 Å². The van der Waals surface area contributed by atoms with E-state index in [0.29, 0.717) is 0 Å². The lowest BCUT2D eigenvalue weighted by Gasteiger charge is -2.19. The van der Waals surface area contributed by atoms with Crippen LogP contribution in [-0.4, -0.2) is 4.92 Å². The lowest BCUT2D eigenvalue weighted by molar-refractivity contribution is -0.384. The summed E-state index contributed by atoms with van der Waals surface area (Å²) in [7, 11) is 0. The number of non-ortho nitro benzene ring substituents is 1. The van der Waals surface area contributed by atoms with Crippen LogP contribution < -0.4 is 5.32 Å². The normalized spacial score (nSPS) is 11.9. The summed E-state index contributed by atoms with van der Waals surface area (Å²) < 4.78 is 0. The van der Waals surface area contributed by atoms with Crippen LogP contribution in [0.15, 0.2) is 48.5 Å². The molecule has 0 aliphatic rings. The molecule has 4 nitrogen and oxygen atoms in total.